The first kappa shape index (κ1) is 19.3. The molecule has 1 rings (SSSR count). The van der Waals surface area contributed by atoms with Gasteiger partial charge in [-0.3, -0.25) is 9.59 Å². The maximum Gasteiger partial charge on any atom is 1.00 e. The average Bonchev–Trinajstić information content (AvgIpc) is 2.28. The molecule has 1 aliphatic rings. The first-order valence-electron chi connectivity index (χ1n) is 5.79. The number of rotatable bonds is 4. The third kappa shape index (κ3) is 13.9. The molecule has 0 radical (unpaired) electrons. The molecule has 17 heavy (non-hydrogen) atoms. The Morgan fingerprint density at radius 3 is 1.71 bits per heavy atom. The van der Waals surface area contributed by atoms with Crippen molar-refractivity contribution in [2.24, 2.45) is 5.92 Å². The van der Waals surface area contributed by atoms with Crippen LogP contribution in [0.25, 0.3) is 0 Å². The average molecular weight is 252 g/mol. The Kier molecular flexibility index (Phi) is 14.1. The summed E-state index contributed by atoms with van der Waals surface area (Å²) in [7, 11) is 0. The Morgan fingerprint density at radius 1 is 1.06 bits per heavy atom. The first-order chi connectivity index (χ1) is 7.56. The molecule has 0 aromatic carbocycles. The van der Waals surface area contributed by atoms with Crippen LogP contribution in [0.3, 0.4) is 0 Å². The Balaban J connectivity index is 0. The number of aliphatic carboxylic acids is 2. The molecule has 0 aromatic rings. The zero-order valence-corrected chi connectivity index (χ0v) is 12.8. The van der Waals surface area contributed by atoms with Crippen molar-refractivity contribution >= 4 is 11.9 Å². The molecule has 2 N–H and O–H groups in total. The van der Waals surface area contributed by atoms with Gasteiger partial charge in [-0.15, -0.1) is 0 Å². The van der Waals surface area contributed by atoms with E-state index in [4.69, 9.17) is 10.2 Å². The molecule has 0 unspecified atom stereocenters. The molecule has 1 aliphatic carbocycles. The Bertz CT molecular complexity index is 199. The summed E-state index contributed by atoms with van der Waals surface area (Å²) in [5, 5.41) is 15.8. The number of carboxylic acid groups (broad SMARTS) is 2. The van der Waals surface area contributed by atoms with Gasteiger partial charge in [-0.1, -0.05) is 32.1 Å². The summed E-state index contributed by atoms with van der Waals surface area (Å²) in [6, 6.07) is 0. The van der Waals surface area contributed by atoms with Crippen LogP contribution in [0.4, 0.5) is 0 Å². The molecule has 94 valence electrons. The molecule has 4 nitrogen and oxygen atoms in total. The van der Waals surface area contributed by atoms with E-state index in [1.165, 1.54) is 32.1 Å². The van der Waals surface area contributed by atoms with Crippen molar-refractivity contribution in [2.75, 3.05) is 0 Å². The molecule has 1 fully saturated rings. The molecule has 5 heteroatoms. The van der Waals surface area contributed by atoms with E-state index < -0.39 is 11.9 Å². The van der Waals surface area contributed by atoms with Crippen LogP contribution in [0.5, 0.6) is 0 Å². The fourth-order valence-corrected chi connectivity index (χ4v) is 1.68. The van der Waals surface area contributed by atoms with Crippen molar-refractivity contribution in [1.82, 2.24) is 0 Å². The van der Waals surface area contributed by atoms with Gasteiger partial charge in [-0.05, 0) is 0 Å². The standard InChI is InChI=1S/C8H15.C4H6O4.Na/c1-2-8-6-4-3-5-7-8;5-3(6)1-2-4(7)8;/h2,8H,3-7H2,1H3;1-2H2,(H,5,6)(H,7,8);/q-1;;+1. The van der Waals surface area contributed by atoms with Crippen LogP contribution in [0.2, 0.25) is 0 Å². The topological polar surface area (TPSA) is 74.6 Å². The molecule has 0 atom stereocenters. The van der Waals surface area contributed by atoms with Gasteiger partial charge in [-0.2, -0.15) is 12.8 Å². The summed E-state index contributed by atoms with van der Waals surface area (Å²) < 4.78 is 0. The van der Waals surface area contributed by atoms with Gasteiger partial charge < -0.3 is 16.6 Å². The van der Waals surface area contributed by atoms with E-state index in [-0.39, 0.29) is 42.4 Å². The van der Waals surface area contributed by atoms with E-state index in [0.29, 0.717) is 0 Å². The number of hydrogen-bond donors (Lipinski definition) is 2. The second-order valence-corrected chi connectivity index (χ2v) is 4.02. The van der Waals surface area contributed by atoms with E-state index in [2.05, 4.69) is 13.3 Å². The van der Waals surface area contributed by atoms with E-state index >= 15 is 0 Å². The minimum Gasteiger partial charge on any atom is -0.481 e. The summed E-state index contributed by atoms with van der Waals surface area (Å²) in [5.74, 6) is -1.19. The monoisotopic (exact) mass is 252 g/mol. The largest absolute Gasteiger partial charge is 1.00 e. The summed E-state index contributed by atoms with van der Waals surface area (Å²) in [4.78, 5) is 19.3. The molecule has 0 aromatic heterocycles. The van der Waals surface area contributed by atoms with Crippen molar-refractivity contribution in [2.45, 2.75) is 51.9 Å². The van der Waals surface area contributed by atoms with Gasteiger partial charge in [-0.25, -0.2) is 0 Å². The maximum atomic E-state index is 9.64. The predicted octanol–water partition coefficient (Wildman–Crippen LogP) is -0.269. The Hall–Kier alpha value is -0.0600. The Morgan fingerprint density at radius 2 is 1.47 bits per heavy atom. The zero-order chi connectivity index (χ0) is 12.4. The maximum absolute atomic E-state index is 9.64. The second-order valence-electron chi connectivity index (χ2n) is 4.02. The van der Waals surface area contributed by atoms with Crippen molar-refractivity contribution in [3.8, 4) is 0 Å². The van der Waals surface area contributed by atoms with Crippen LogP contribution in [0.1, 0.15) is 51.9 Å². The molecule has 0 bridgehead atoms. The van der Waals surface area contributed by atoms with Crippen molar-refractivity contribution < 1.29 is 49.4 Å². The SMILES string of the molecule is C[CH-]C1CCCCC1.O=C(O)CCC(=O)O.[Na+]. The molecule has 0 aliphatic heterocycles. The van der Waals surface area contributed by atoms with E-state index in [1.807, 2.05) is 0 Å². The van der Waals surface area contributed by atoms with Gasteiger partial charge in [0.2, 0.25) is 0 Å². The summed E-state index contributed by atoms with van der Waals surface area (Å²) in [5.41, 5.74) is 0. The zero-order valence-electron chi connectivity index (χ0n) is 10.8. The van der Waals surface area contributed by atoms with Crippen LogP contribution in [-0.2, 0) is 9.59 Å². The minimum atomic E-state index is -1.08. The summed E-state index contributed by atoms with van der Waals surface area (Å²) in [6.45, 7) is 2.19. The molecule has 0 amide bonds. The summed E-state index contributed by atoms with van der Waals surface area (Å²) >= 11 is 0. The van der Waals surface area contributed by atoms with Gasteiger partial charge in [0.1, 0.15) is 0 Å². The molecule has 0 spiro atoms. The van der Waals surface area contributed by atoms with Crippen molar-refractivity contribution in [3.05, 3.63) is 6.42 Å². The molecular weight excluding hydrogens is 231 g/mol. The normalized spacial score (nSPS) is 15.1. The smallest absolute Gasteiger partial charge is 0.481 e. The van der Waals surface area contributed by atoms with E-state index in [1.54, 1.807) is 0 Å². The van der Waals surface area contributed by atoms with E-state index in [9.17, 15) is 9.59 Å². The van der Waals surface area contributed by atoms with Gasteiger partial charge in [0.15, 0.2) is 0 Å². The van der Waals surface area contributed by atoms with Gasteiger partial charge >= 0.3 is 41.5 Å². The third-order valence-corrected chi connectivity index (χ3v) is 2.67. The number of carboxylic acids is 2. The van der Waals surface area contributed by atoms with Gasteiger partial charge in [0, 0.05) is 0 Å². The van der Waals surface area contributed by atoms with Crippen LogP contribution in [0.15, 0.2) is 0 Å². The molecular formula is C12H21NaO4. The van der Waals surface area contributed by atoms with Crippen LogP contribution >= 0.6 is 0 Å². The fraction of sp³-hybridized carbons (Fsp3) is 0.750. The quantitative estimate of drug-likeness (QED) is 0.533. The number of hydrogen-bond acceptors (Lipinski definition) is 2. The Labute approximate surface area is 125 Å². The van der Waals surface area contributed by atoms with Crippen LogP contribution in [-0.4, -0.2) is 22.2 Å². The van der Waals surface area contributed by atoms with Crippen molar-refractivity contribution in [3.63, 3.8) is 0 Å². The van der Waals surface area contributed by atoms with Gasteiger partial charge in [0.05, 0.1) is 12.8 Å². The van der Waals surface area contributed by atoms with Gasteiger partial charge in [0.25, 0.3) is 0 Å². The minimum absolute atomic E-state index is 0. The molecule has 0 saturated heterocycles. The summed E-state index contributed by atoms with van der Waals surface area (Å²) in [6.07, 6.45) is 9.09. The van der Waals surface area contributed by atoms with Crippen molar-refractivity contribution in [1.29, 1.82) is 0 Å². The third-order valence-electron chi connectivity index (χ3n) is 2.67. The second kappa shape index (κ2) is 12.4. The fourth-order valence-electron chi connectivity index (χ4n) is 1.68. The molecule has 0 heterocycles. The van der Waals surface area contributed by atoms with E-state index in [0.717, 1.165) is 5.92 Å². The predicted molar refractivity (Wildman–Crippen MR) is 61.1 cm³/mol. The van der Waals surface area contributed by atoms with Crippen LogP contribution in [0, 0.1) is 12.3 Å². The number of carbonyl (C=O) groups is 2. The van der Waals surface area contributed by atoms with Crippen LogP contribution < -0.4 is 29.6 Å². The molecule has 1 saturated carbocycles. The first-order valence-corrected chi connectivity index (χ1v) is 5.79.